The maximum absolute atomic E-state index is 13.6. The average Bonchev–Trinajstić information content (AvgIpc) is 3.04. The van der Waals surface area contributed by atoms with Crippen LogP contribution in [0.4, 0.5) is 4.39 Å². The second kappa shape index (κ2) is 8.54. The molecule has 0 amide bonds. The Morgan fingerprint density at radius 2 is 2.17 bits per heavy atom. The topological polar surface area (TPSA) is 70.6 Å². The van der Waals surface area contributed by atoms with Gasteiger partial charge >= 0.3 is 0 Å². The van der Waals surface area contributed by atoms with Crippen LogP contribution in [0.15, 0.2) is 34.2 Å². The highest BCUT2D eigenvalue weighted by Gasteiger charge is 2.19. The molecule has 0 aromatic heterocycles. The van der Waals surface area contributed by atoms with Gasteiger partial charge in [-0.2, -0.15) is 11.8 Å². The number of rotatable bonds is 6. The monoisotopic (exact) mass is 359 g/mol. The molecule has 8 heteroatoms. The minimum absolute atomic E-state index is 0.175. The van der Waals surface area contributed by atoms with Gasteiger partial charge in [-0.3, -0.25) is 4.99 Å². The van der Waals surface area contributed by atoms with Gasteiger partial charge in [-0.1, -0.05) is 12.1 Å². The van der Waals surface area contributed by atoms with E-state index in [1.54, 1.807) is 7.05 Å². The van der Waals surface area contributed by atoms with Crippen molar-refractivity contribution in [1.82, 2.24) is 10.6 Å². The maximum atomic E-state index is 13.6. The largest absolute Gasteiger partial charge is 0.355 e. The third kappa shape index (κ3) is 5.39. The first-order valence-corrected chi connectivity index (χ1v) is 10.3. The molecule has 2 rings (SSSR count). The van der Waals surface area contributed by atoms with Crippen LogP contribution in [0.2, 0.25) is 0 Å². The van der Waals surface area contributed by atoms with E-state index in [-0.39, 0.29) is 17.2 Å². The van der Waals surface area contributed by atoms with Gasteiger partial charge in [0, 0.05) is 25.4 Å². The van der Waals surface area contributed by atoms with Gasteiger partial charge in [-0.05, 0) is 30.7 Å². The van der Waals surface area contributed by atoms with Crippen molar-refractivity contribution in [2.24, 2.45) is 4.99 Å². The lowest BCUT2D eigenvalue weighted by atomic mass is 10.2. The van der Waals surface area contributed by atoms with Crippen molar-refractivity contribution in [1.29, 1.82) is 0 Å². The van der Waals surface area contributed by atoms with Crippen LogP contribution in [-0.4, -0.2) is 51.3 Å². The van der Waals surface area contributed by atoms with Crippen molar-refractivity contribution >= 4 is 27.6 Å². The fraction of sp³-hybridized carbons (Fsp3) is 0.533. The number of benzene rings is 1. The average molecular weight is 359 g/mol. The predicted molar refractivity (Wildman–Crippen MR) is 93.3 cm³/mol. The summed E-state index contributed by atoms with van der Waals surface area (Å²) in [7, 11) is -2.01. The molecule has 0 saturated carbocycles. The molecule has 23 heavy (non-hydrogen) atoms. The number of halogens is 1. The van der Waals surface area contributed by atoms with E-state index in [2.05, 4.69) is 15.6 Å². The summed E-state index contributed by atoms with van der Waals surface area (Å²) in [5.74, 6) is 0.862. The van der Waals surface area contributed by atoms with Gasteiger partial charge in [0.05, 0.1) is 5.75 Å². The third-order valence-corrected chi connectivity index (χ3v) is 6.72. The third-order valence-electron chi connectivity index (χ3n) is 3.58. The van der Waals surface area contributed by atoms with Crippen molar-refractivity contribution in [2.45, 2.75) is 23.0 Å². The zero-order valence-corrected chi connectivity index (χ0v) is 14.7. The lowest BCUT2D eigenvalue weighted by Gasteiger charge is -2.15. The first-order valence-electron chi connectivity index (χ1n) is 7.56. The van der Waals surface area contributed by atoms with E-state index in [0.717, 1.165) is 12.6 Å². The second-order valence-corrected chi connectivity index (χ2v) is 8.75. The Kier molecular flexibility index (Phi) is 6.71. The SMILES string of the molecule is CN=C(NCCS(=O)(=O)c1ccccc1F)NCC1CCCS1. The van der Waals surface area contributed by atoms with Crippen LogP contribution in [-0.2, 0) is 9.84 Å². The Balaban J connectivity index is 1.81. The molecule has 1 aliphatic heterocycles. The molecule has 1 aliphatic rings. The van der Waals surface area contributed by atoms with Gasteiger partial charge in [-0.15, -0.1) is 0 Å². The predicted octanol–water partition coefficient (Wildman–Crippen LogP) is 1.66. The van der Waals surface area contributed by atoms with Crippen molar-refractivity contribution in [3.05, 3.63) is 30.1 Å². The van der Waals surface area contributed by atoms with E-state index >= 15 is 0 Å². The molecule has 1 fully saturated rings. The Bertz CT molecular complexity index is 644. The second-order valence-electron chi connectivity index (χ2n) is 5.26. The molecule has 2 N–H and O–H groups in total. The number of guanidine groups is 1. The number of sulfone groups is 1. The molecule has 1 saturated heterocycles. The first kappa shape index (κ1) is 18.1. The van der Waals surface area contributed by atoms with E-state index in [4.69, 9.17) is 0 Å². The van der Waals surface area contributed by atoms with E-state index in [9.17, 15) is 12.8 Å². The Morgan fingerprint density at radius 3 is 2.83 bits per heavy atom. The number of hydrogen-bond donors (Lipinski definition) is 2. The van der Waals surface area contributed by atoms with Gasteiger partial charge in [0.1, 0.15) is 10.7 Å². The number of aliphatic imine (C=N–C) groups is 1. The van der Waals surface area contributed by atoms with Crippen LogP contribution < -0.4 is 10.6 Å². The Hall–Kier alpha value is -1.28. The highest BCUT2D eigenvalue weighted by Crippen LogP contribution is 2.25. The minimum atomic E-state index is -3.65. The molecule has 1 aromatic rings. The van der Waals surface area contributed by atoms with E-state index in [1.807, 2.05) is 11.8 Å². The smallest absolute Gasteiger partial charge is 0.191 e. The number of hydrogen-bond acceptors (Lipinski definition) is 4. The molecular formula is C15H22FN3O2S2. The normalized spacial score (nSPS) is 18.9. The summed E-state index contributed by atoms with van der Waals surface area (Å²) in [6, 6.07) is 5.43. The molecule has 128 valence electrons. The number of thioether (sulfide) groups is 1. The first-order chi connectivity index (χ1) is 11.0. The summed E-state index contributed by atoms with van der Waals surface area (Å²) in [6.45, 7) is 0.985. The lowest BCUT2D eigenvalue weighted by Crippen LogP contribution is -2.41. The van der Waals surface area contributed by atoms with Crippen molar-refractivity contribution in [3.8, 4) is 0 Å². The molecular weight excluding hydrogens is 337 g/mol. The fourth-order valence-corrected chi connectivity index (χ4v) is 4.79. The molecule has 1 heterocycles. The van der Waals surface area contributed by atoms with Crippen LogP contribution in [0.1, 0.15) is 12.8 Å². The van der Waals surface area contributed by atoms with Crippen LogP contribution in [0.5, 0.6) is 0 Å². The molecule has 1 atom stereocenters. The lowest BCUT2D eigenvalue weighted by molar-refractivity contribution is 0.566. The molecule has 0 spiro atoms. The van der Waals surface area contributed by atoms with Gasteiger partial charge in [-0.25, -0.2) is 12.8 Å². The summed E-state index contributed by atoms with van der Waals surface area (Å²) in [5.41, 5.74) is 0. The van der Waals surface area contributed by atoms with Gasteiger partial charge in [0.25, 0.3) is 0 Å². The molecule has 5 nitrogen and oxygen atoms in total. The number of nitrogens with zero attached hydrogens (tertiary/aromatic N) is 1. The molecule has 1 unspecified atom stereocenters. The minimum Gasteiger partial charge on any atom is -0.355 e. The fourth-order valence-electron chi connectivity index (χ4n) is 2.35. The van der Waals surface area contributed by atoms with Gasteiger partial charge < -0.3 is 10.6 Å². The maximum Gasteiger partial charge on any atom is 0.191 e. The molecule has 0 bridgehead atoms. The van der Waals surface area contributed by atoms with Crippen LogP contribution in [0, 0.1) is 5.82 Å². The van der Waals surface area contributed by atoms with Crippen LogP contribution in [0.3, 0.4) is 0 Å². The zero-order valence-electron chi connectivity index (χ0n) is 13.1. The Morgan fingerprint density at radius 1 is 1.39 bits per heavy atom. The number of nitrogens with one attached hydrogen (secondary N) is 2. The standard InChI is InChI=1S/C15H22FN3O2S2/c1-17-15(19-11-12-5-4-9-22-12)18-8-10-23(20,21)14-7-3-2-6-13(14)16/h2-3,6-7,12H,4-5,8-11H2,1H3,(H2,17,18,19). The zero-order chi connectivity index (χ0) is 16.7. The van der Waals surface area contributed by atoms with Crippen molar-refractivity contribution in [2.75, 3.05) is 31.6 Å². The van der Waals surface area contributed by atoms with E-state index in [1.165, 1.54) is 36.8 Å². The quantitative estimate of drug-likeness (QED) is 0.597. The summed E-state index contributed by atoms with van der Waals surface area (Å²) >= 11 is 1.94. The van der Waals surface area contributed by atoms with Gasteiger partial charge in [0.2, 0.25) is 0 Å². The summed E-state index contributed by atoms with van der Waals surface area (Å²) in [5, 5.41) is 6.74. The molecule has 0 radical (unpaired) electrons. The Labute approximate surface area is 141 Å². The van der Waals surface area contributed by atoms with E-state index < -0.39 is 15.7 Å². The highest BCUT2D eigenvalue weighted by atomic mass is 32.2. The summed E-state index contributed by atoms with van der Waals surface area (Å²) in [6.07, 6.45) is 2.43. The van der Waals surface area contributed by atoms with Gasteiger partial charge in [0.15, 0.2) is 15.8 Å². The highest BCUT2D eigenvalue weighted by molar-refractivity contribution is 8.00. The molecule has 0 aliphatic carbocycles. The van der Waals surface area contributed by atoms with Crippen LogP contribution >= 0.6 is 11.8 Å². The van der Waals surface area contributed by atoms with Crippen molar-refractivity contribution in [3.63, 3.8) is 0 Å². The van der Waals surface area contributed by atoms with Crippen molar-refractivity contribution < 1.29 is 12.8 Å². The summed E-state index contributed by atoms with van der Waals surface area (Å²) in [4.78, 5) is 3.82. The van der Waals surface area contributed by atoms with Crippen LogP contribution in [0.25, 0.3) is 0 Å². The van der Waals surface area contributed by atoms with E-state index in [0.29, 0.717) is 11.2 Å². The molecule has 1 aromatic carbocycles. The summed E-state index contributed by atoms with van der Waals surface area (Å²) < 4.78 is 37.9.